The van der Waals surface area contributed by atoms with Gasteiger partial charge < -0.3 is 5.73 Å². The Hall–Kier alpha value is -2.21. The number of carbonyl (C=O) groups excluding carboxylic acids is 1. The Morgan fingerprint density at radius 3 is 2.88 bits per heavy atom. The minimum atomic E-state index is -0.374. The van der Waals surface area contributed by atoms with Crippen LogP contribution < -0.4 is 5.73 Å². The van der Waals surface area contributed by atoms with Gasteiger partial charge in [-0.3, -0.25) is 9.69 Å². The summed E-state index contributed by atoms with van der Waals surface area (Å²) < 4.78 is 2.01. The van der Waals surface area contributed by atoms with Gasteiger partial charge in [0, 0.05) is 18.2 Å². The standard InChI is InChI=1S/C18H25N5O/c1-13-20-14(2)23(21-13)12-17-8-3-4-9-22(17)11-15-6-5-7-16(10-15)18(19)24/h5-7,10,17H,3-4,8-9,11-12H2,1-2H3,(H2,19,24). The van der Waals surface area contributed by atoms with Crippen LogP contribution in [0.5, 0.6) is 0 Å². The summed E-state index contributed by atoms with van der Waals surface area (Å²) in [5.74, 6) is 1.42. The number of hydrogen-bond donors (Lipinski definition) is 1. The molecule has 2 aromatic rings. The molecule has 0 bridgehead atoms. The van der Waals surface area contributed by atoms with Gasteiger partial charge in [-0.1, -0.05) is 18.6 Å². The van der Waals surface area contributed by atoms with Crippen LogP contribution in [0.15, 0.2) is 24.3 Å². The highest BCUT2D eigenvalue weighted by Crippen LogP contribution is 2.21. The van der Waals surface area contributed by atoms with Crippen molar-refractivity contribution in [1.82, 2.24) is 19.7 Å². The van der Waals surface area contributed by atoms with Gasteiger partial charge in [-0.2, -0.15) is 5.10 Å². The van der Waals surface area contributed by atoms with Crippen molar-refractivity contribution in [3.63, 3.8) is 0 Å². The van der Waals surface area contributed by atoms with Gasteiger partial charge in [0.2, 0.25) is 5.91 Å². The Bertz CT molecular complexity index is 724. The van der Waals surface area contributed by atoms with Crippen LogP contribution in [0, 0.1) is 13.8 Å². The number of likely N-dealkylation sites (tertiary alicyclic amines) is 1. The molecule has 0 aliphatic carbocycles. The third kappa shape index (κ3) is 3.82. The lowest BCUT2D eigenvalue weighted by molar-refractivity contribution is 0.0999. The number of rotatable bonds is 5. The number of piperidine rings is 1. The van der Waals surface area contributed by atoms with Crippen molar-refractivity contribution in [3.8, 4) is 0 Å². The molecule has 0 spiro atoms. The monoisotopic (exact) mass is 327 g/mol. The first kappa shape index (κ1) is 16.6. The molecule has 6 heteroatoms. The largest absolute Gasteiger partial charge is 0.366 e. The molecule has 6 nitrogen and oxygen atoms in total. The number of nitrogens with two attached hydrogens (primary N) is 1. The number of aryl methyl sites for hydroxylation is 2. The molecule has 128 valence electrons. The molecular weight excluding hydrogens is 302 g/mol. The van der Waals surface area contributed by atoms with E-state index in [9.17, 15) is 4.79 Å². The van der Waals surface area contributed by atoms with Crippen LogP contribution in [0.3, 0.4) is 0 Å². The molecule has 1 unspecified atom stereocenters. The summed E-state index contributed by atoms with van der Waals surface area (Å²) in [5.41, 5.74) is 7.10. The number of primary amides is 1. The number of nitrogens with zero attached hydrogens (tertiary/aromatic N) is 4. The van der Waals surface area contributed by atoms with Gasteiger partial charge >= 0.3 is 0 Å². The quantitative estimate of drug-likeness (QED) is 0.912. The average Bonchev–Trinajstić information content (AvgIpc) is 2.87. The van der Waals surface area contributed by atoms with Crippen LogP contribution in [0.25, 0.3) is 0 Å². The molecule has 1 fully saturated rings. The zero-order chi connectivity index (χ0) is 17.1. The fourth-order valence-corrected chi connectivity index (χ4v) is 3.47. The first-order valence-corrected chi connectivity index (χ1v) is 8.54. The van der Waals surface area contributed by atoms with E-state index >= 15 is 0 Å². The molecule has 1 aliphatic heterocycles. The van der Waals surface area contributed by atoms with Crippen LogP contribution >= 0.6 is 0 Å². The zero-order valence-electron chi connectivity index (χ0n) is 14.4. The molecule has 1 aromatic carbocycles. The molecule has 1 aliphatic rings. The van der Waals surface area contributed by atoms with E-state index in [4.69, 9.17) is 5.73 Å². The lowest BCUT2D eigenvalue weighted by Gasteiger charge is -2.35. The van der Waals surface area contributed by atoms with E-state index < -0.39 is 0 Å². The number of amides is 1. The number of carbonyl (C=O) groups is 1. The molecule has 1 aromatic heterocycles. The predicted molar refractivity (Wildman–Crippen MR) is 92.5 cm³/mol. The van der Waals surface area contributed by atoms with Crippen molar-refractivity contribution in [2.45, 2.75) is 52.2 Å². The summed E-state index contributed by atoms with van der Waals surface area (Å²) in [6, 6.07) is 8.07. The van der Waals surface area contributed by atoms with Gasteiger partial charge in [0.25, 0.3) is 0 Å². The van der Waals surface area contributed by atoms with E-state index in [2.05, 4.69) is 21.0 Å². The van der Waals surface area contributed by atoms with Gasteiger partial charge in [-0.15, -0.1) is 0 Å². The molecule has 2 heterocycles. The van der Waals surface area contributed by atoms with Gasteiger partial charge in [0.05, 0.1) is 6.54 Å². The molecule has 2 N–H and O–H groups in total. The summed E-state index contributed by atoms with van der Waals surface area (Å²) in [6.45, 7) is 6.69. The van der Waals surface area contributed by atoms with Crippen molar-refractivity contribution in [3.05, 3.63) is 47.0 Å². The Labute approximate surface area is 142 Å². The normalized spacial score (nSPS) is 18.7. The smallest absolute Gasteiger partial charge is 0.248 e. The summed E-state index contributed by atoms with van der Waals surface area (Å²) in [4.78, 5) is 18.3. The third-order valence-electron chi connectivity index (χ3n) is 4.69. The lowest BCUT2D eigenvalue weighted by Crippen LogP contribution is -2.42. The SMILES string of the molecule is Cc1nc(C)n(CC2CCCCN2Cc2cccc(C(N)=O)c2)n1. The third-order valence-corrected chi connectivity index (χ3v) is 4.69. The van der Waals surface area contributed by atoms with E-state index in [0.29, 0.717) is 11.6 Å². The topological polar surface area (TPSA) is 77.0 Å². The Morgan fingerprint density at radius 1 is 1.33 bits per heavy atom. The maximum Gasteiger partial charge on any atom is 0.248 e. The van der Waals surface area contributed by atoms with Crippen LogP contribution in [0.2, 0.25) is 0 Å². The van der Waals surface area contributed by atoms with Crippen LogP contribution in [0.1, 0.15) is 46.8 Å². The highest BCUT2D eigenvalue weighted by atomic mass is 16.1. The molecule has 0 saturated carbocycles. The minimum absolute atomic E-state index is 0.374. The molecule has 24 heavy (non-hydrogen) atoms. The van der Waals surface area contributed by atoms with E-state index in [1.165, 1.54) is 12.8 Å². The minimum Gasteiger partial charge on any atom is -0.366 e. The Morgan fingerprint density at radius 2 is 2.17 bits per heavy atom. The molecule has 1 saturated heterocycles. The van der Waals surface area contributed by atoms with Gasteiger partial charge in [-0.05, 0) is 50.9 Å². The number of benzene rings is 1. The second-order valence-corrected chi connectivity index (χ2v) is 6.57. The number of hydrogen-bond acceptors (Lipinski definition) is 4. The second-order valence-electron chi connectivity index (χ2n) is 6.57. The predicted octanol–water partition coefficient (Wildman–Crippen LogP) is 2.05. The van der Waals surface area contributed by atoms with Crippen molar-refractivity contribution in [2.75, 3.05) is 6.54 Å². The van der Waals surface area contributed by atoms with Crippen molar-refractivity contribution in [1.29, 1.82) is 0 Å². The summed E-state index contributed by atoms with van der Waals surface area (Å²) >= 11 is 0. The first-order valence-electron chi connectivity index (χ1n) is 8.54. The molecule has 3 rings (SSSR count). The maximum absolute atomic E-state index is 11.4. The lowest BCUT2D eigenvalue weighted by atomic mass is 10.0. The fraction of sp³-hybridized carbons (Fsp3) is 0.500. The van der Waals surface area contributed by atoms with Gasteiger partial charge in [-0.25, -0.2) is 9.67 Å². The van der Waals surface area contributed by atoms with Crippen molar-refractivity contribution < 1.29 is 4.79 Å². The summed E-state index contributed by atoms with van der Waals surface area (Å²) in [6.07, 6.45) is 3.62. The van der Waals surface area contributed by atoms with E-state index in [0.717, 1.165) is 43.3 Å². The second kappa shape index (κ2) is 7.13. The van der Waals surface area contributed by atoms with Gasteiger partial charge in [0.15, 0.2) is 0 Å². The Kier molecular flexibility index (Phi) is 4.94. The summed E-state index contributed by atoms with van der Waals surface area (Å²) in [5, 5.41) is 4.50. The fourth-order valence-electron chi connectivity index (χ4n) is 3.47. The van der Waals surface area contributed by atoms with E-state index in [1.807, 2.05) is 30.7 Å². The molecule has 0 radical (unpaired) electrons. The highest BCUT2D eigenvalue weighted by molar-refractivity contribution is 5.92. The van der Waals surface area contributed by atoms with Crippen LogP contribution in [0.4, 0.5) is 0 Å². The Balaban J connectivity index is 1.73. The zero-order valence-corrected chi connectivity index (χ0v) is 14.4. The first-order chi connectivity index (χ1) is 11.5. The highest BCUT2D eigenvalue weighted by Gasteiger charge is 2.24. The molecule has 1 amide bonds. The van der Waals surface area contributed by atoms with Crippen molar-refractivity contribution >= 4 is 5.91 Å². The molecule has 1 atom stereocenters. The maximum atomic E-state index is 11.4. The molecular formula is C18H25N5O. The van der Waals surface area contributed by atoms with E-state index in [1.54, 1.807) is 6.07 Å². The summed E-state index contributed by atoms with van der Waals surface area (Å²) in [7, 11) is 0. The van der Waals surface area contributed by atoms with E-state index in [-0.39, 0.29) is 5.91 Å². The van der Waals surface area contributed by atoms with Gasteiger partial charge in [0.1, 0.15) is 11.6 Å². The average molecular weight is 327 g/mol. The van der Waals surface area contributed by atoms with Crippen LogP contribution in [-0.4, -0.2) is 38.2 Å². The van der Waals surface area contributed by atoms with Crippen molar-refractivity contribution in [2.24, 2.45) is 5.73 Å². The number of aromatic nitrogens is 3. The van der Waals surface area contributed by atoms with Crippen LogP contribution in [-0.2, 0) is 13.1 Å².